The summed E-state index contributed by atoms with van der Waals surface area (Å²) in [5.41, 5.74) is 5.71. The summed E-state index contributed by atoms with van der Waals surface area (Å²) in [5.74, 6) is 0.396. The minimum absolute atomic E-state index is 0.0844. The van der Waals surface area contributed by atoms with Crippen LogP contribution in [0.2, 0.25) is 5.02 Å². The number of nitrogens with two attached hydrogens (primary N) is 1. The Kier molecular flexibility index (Phi) is 2.84. The van der Waals surface area contributed by atoms with Crippen LogP contribution in [-0.2, 0) is 9.84 Å². The summed E-state index contributed by atoms with van der Waals surface area (Å²) in [6.45, 7) is 0. The lowest BCUT2D eigenvalue weighted by molar-refractivity contribution is 0.435. The van der Waals surface area contributed by atoms with E-state index in [-0.39, 0.29) is 27.1 Å². The average molecular weight is 273 g/mol. The van der Waals surface area contributed by atoms with Gasteiger partial charge in [0.1, 0.15) is 0 Å². The number of aromatic nitrogens is 1. The second-order valence-corrected chi connectivity index (χ2v) is 5.89. The van der Waals surface area contributed by atoms with Gasteiger partial charge >= 0.3 is 0 Å². The molecule has 7 heteroatoms. The molecule has 0 aliphatic heterocycles. The van der Waals surface area contributed by atoms with E-state index in [9.17, 15) is 8.42 Å². The van der Waals surface area contributed by atoms with Crippen molar-refractivity contribution < 1.29 is 12.9 Å². The van der Waals surface area contributed by atoms with Crippen LogP contribution < -0.4 is 5.73 Å². The number of hydrogen-bond acceptors (Lipinski definition) is 5. The number of nitrogens with zero attached hydrogens (tertiary/aromatic N) is 1. The molecule has 2 rings (SSSR count). The Morgan fingerprint density at radius 3 is 2.65 bits per heavy atom. The predicted octanol–water partition coefficient (Wildman–Crippen LogP) is 1.98. The van der Waals surface area contributed by atoms with E-state index in [2.05, 4.69) is 5.16 Å². The van der Waals surface area contributed by atoms with Gasteiger partial charge in [-0.2, -0.15) is 0 Å². The first-order valence-corrected chi connectivity index (χ1v) is 6.87. The fourth-order valence-corrected chi connectivity index (χ4v) is 2.69. The Balaban J connectivity index is 2.76. The fourth-order valence-electron chi connectivity index (χ4n) is 1.46. The molecule has 1 aromatic carbocycles. The van der Waals surface area contributed by atoms with E-state index < -0.39 is 9.84 Å². The topological polar surface area (TPSA) is 86.2 Å². The molecular weight excluding hydrogens is 264 g/mol. The van der Waals surface area contributed by atoms with Crippen LogP contribution in [0.25, 0.3) is 11.3 Å². The largest absolute Gasteiger partial charge is 0.381 e. The second kappa shape index (κ2) is 4.05. The lowest BCUT2D eigenvalue weighted by atomic mass is 10.2. The molecule has 0 spiro atoms. The smallest absolute Gasteiger partial charge is 0.176 e. The zero-order valence-electron chi connectivity index (χ0n) is 8.84. The van der Waals surface area contributed by atoms with E-state index in [0.717, 1.165) is 6.26 Å². The van der Waals surface area contributed by atoms with Gasteiger partial charge in [0.15, 0.2) is 21.4 Å². The third kappa shape index (κ3) is 2.27. The van der Waals surface area contributed by atoms with Crippen molar-refractivity contribution in [3.8, 4) is 11.3 Å². The number of sulfone groups is 1. The molecule has 1 aromatic heterocycles. The van der Waals surface area contributed by atoms with Gasteiger partial charge in [0.05, 0.1) is 15.5 Å². The summed E-state index contributed by atoms with van der Waals surface area (Å²) in [4.78, 5) is 0.0844. The lowest BCUT2D eigenvalue weighted by Crippen LogP contribution is -2.00. The van der Waals surface area contributed by atoms with Gasteiger partial charge < -0.3 is 10.3 Å². The molecule has 0 radical (unpaired) electrons. The Hall–Kier alpha value is -1.53. The van der Waals surface area contributed by atoms with Crippen molar-refractivity contribution in [2.75, 3.05) is 12.0 Å². The molecule has 17 heavy (non-hydrogen) atoms. The Bertz CT molecular complexity index is 664. The quantitative estimate of drug-likeness (QED) is 0.903. The molecule has 2 aromatic rings. The minimum atomic E-state index is -3.41. The van der Waals surface area contributed by atoms with E-state index in [1.165, 1.54) is 12.1 Å². The second-order valence-electron chi connectivity index (χ2n) is 3.50. The van der Waals surface area contributed by atoms with Gasteiger partial charge in [-0.05, 0) is 12.1 Å². The van der Waals surface area contributed by atoms with E-state index in [4.69, 9.17) is 21.9 Å². The summed E-state index contributed by atoms with van der Waals surface area (Å²) in [5, 5.41) is 3.77. The maximum Gasteiger partial charge on any atom is 0.176 e. The molecule has 1 heterocycles. The zero-order valence-corrected chi connectivity index (χ0v) is 10.4. The summed E-state index contributed by atoms with van der Waals surface area (Å²) < 4.78 is 28.2. The predicted molar refractivity (Wildman–Crippen MR) is 64.5 cm³/mol. The molecule has 0 aliphatic carbocycles. The minimum Gasteiger partial charge on any atom is -0.381 e. The highest BCUT2D eigenvalue weighted by Gasteiger charge is 2.20. The van der Waals surface area contributed by atoms with Gasteiger partial charge in [-0.25, -0.2) is 8.42 Å². The number of rotatable bonds is 2. The summed E-state index contributed by atoms with van der Waals surface area (Å²) in [6, 6.07) is 6.01. The summed E-state index contributed by atoms with van der Waals surface area (Å²) in [6.07, 6.45) is 1.10. The summed E-state index contributed by atoms with van der Waals surface area (Å²) in [7, 11) is -3.41. The van der Waals surface area contributed by atoms with Crippen molar-refractivity contribution in [3.63, 3.8) is 0 Å². The van der Waals surface area contributed by atoms with Gasteiger partial charge in [-0.1, -0.05) is 22.8 Å². The number of nitrogen functional groups attached to an aromatic ring is 1. The van der Waals surface area contributed by atoms with Crippen LogP contribution in [0, 0.1) is 0 Å². The van der Waals surface area contributed by atoms with Crippen molar-refractivity contribution in [2.24, 2.45) is 0 Å². The number of halogens is 1. The number of benzene rings is 1. The molecule has 0 aliphatic rings. The van der Waals surface area contributed by atoms with Crippen LogP contribution in [0.15, 0.2) is 33.7 Å². The third-order valence-electron chi connectivity index (χ3n) is 2.15. The Morgan fingerprint density at radius 2 is 2.12 bits per heavy atom. The van der Waals surface area contributed by atoms with Gasteiger partial charge in [-0.15, -0.1) is 0 Å². The molecule has 0 atom stereocenters. The summed E-state index contributed by atoms with van der Waals surface area (Å²) >= 11 is 5.99. The standard InChI is InChI=1S/C10H9ClN2O3S/c1-17(14,15)8-4-2-3-6(11)10(8)7-5-9(12)13-16-7/h2-5H,1H3,(H2,12,13). The molecule has 0 fully saturated rings. The van der Waals surface area contributed by atoms with E-state index >= 15 is 0 Å². The van der Waals surface area contributed by atoms with Crippen molar-refractivity contribution in [2.45, 2.75) is 4.90 Å². The molecule has 0 saturated heterocycles. The van der Waals surface area contributed by atoms with Gasteiger partial charge in [0, 0.05) is 12.3 Å². The highest BCUT2D eigenvalue weighted by Crippen LogP contribution is 2.34. The van der Waals surface area contributed by atoms with Gasteiger partial charge in [0.25, 0.3) is 0 Å². The highest BCUT2D eigenvalue weighted by molar-refractivity contribution is 7.90. The molecule has 5 nitrogen and oxygen atoms in total. The SMILES string of the molecule is CS(=O)(=O)c1cccc(Cl)c1-c1cc(N)no1. The van der Waals surface area contributed by atoms with E-state index in [0.29, 0.717) is 0 Å². The van der Waals surface area contributed by atoms with Crippen LogP contribution in [0.3, 0.4) is 0 Å². The average Bonchev–Trinajstić information content (AvgIpc) is 2.63. The van der Waals surface area contributed by atoms with E-state index in [1.54, 1.807) is 12.1 Å². The van der Waals surface area contributed by atoms with Crippen LogP contribution in [0.4, 0.5) is 5.82 Å². The van der Waals surface area contributed by atoms with Crippen LogP contribution in [-0.4, -0.2) is 19.8 Å². The third-order valence-corrected chi connectivity index (χ3v) is 3.60. The first kappa shape index (κ1) is 11.9. The first-order chi connectivity index (χ1) is 7.89. The van der Waals surface area contributed by atoms with E-state index in [1.807, 2.05) is 0 Å². The van der Waals surface area contributed by atoms with Crippen molar-refractivity contribution >= 4 is 27.3 Å². The maximum atomic E-state index is 11.6. The number of anilines is 1. The maximum absolute atomic E-state index is 11.6. The molecule has 0 bridgehead atoms. The monoisotopic (exact) mass is 272 g/mol. The van der Waals surface area contributed by atoms with Crippen LogP contribution in [0.1, 0.15) is 0 Å². The van der Waals surface area contributed by atoms with Crippen molar-refractivity contribution in [1.82, 2.24) is 5.16 Å². The Morgan fingerprint density at radius 1 is 1.41 bits per heavy atom. The van der Waals surface area contributed by atoms with Crippen LogP contribution >= 0.6 is 11.6 Å². The van der Waals surface area contributed by atoms with Crippen molar-refractivity contribution in [1.29, 1.82) is 0 Å². The number of hydrogen-bond donors (Lipinski definition) is 1. The fraction of sp³-hybridized carbons (Fsp3) is 0.100. The first-order valence-electron chi connectivity index (χ1n) is 4.61. The van der Waals surface area contributed by atoms with Gasteiger partial charge in [-0.3, -0.25) is 0 Å². The molecule has 90 valence electrons. The normalized spacial score (nSPS) is 11.6. The molecule has 0 unspecified atom stereocenters. The molecule has 2 N–H and O–H groups in total. The Labute approximate surface area is 103 Å². The zero-order chi connectivity index (χ0) is 12.6. The highest BCUT2D eigenvalue weighted by atomic mass is 35.5. The lowest BCUT2D eigenvalue weighted by Gasteiger charge is -2.06. The molecule has 0 amide bonds. The molecule has 0 saturated carbocycles. The van der Waals surface area contributed by atoms with Crippen LogP contribution in [0.5, 0.6) is 0 Å². The molecular formula is C10H9ClN2O3S. The van der Waals surface area contributed by atoms with Gasteiger partial charge in [0.2, 0.25) is 0 Å². The van der Waals surface area contributed by atoms with Crippen molar-refractivity contribution in [3.05, 3.63) is 29.3 Å².